The SMILES string of the molecule is COC(c1ccccc1)([N+](=O)[O-])[N+](=O)[O-]. The van der Waals surface area contributed by atoms with Gasteiger partial charge in [0.25, 0.3) is 0 Å². The zero-order valence-electron chi connectivity index (χ0n) is 7.82. The van der Waals surface area contributed by atoms with Crippen molar-refractivity contribution in [2.75, 3.05) is 7.11 Å². The van der Waals surface area contributed by atoms with E-state index in [1.807, 2.05) is 0 Å². The van der Waals surface area contributed by atoms with Crippen LogP contribution in [0, 0.1) is 20.2 Å². The smallest absolute Gasteiger partial charge is 0.256 e. The predicted molar refractivity (Wildman–Crippen MR) is 49.1 cm³/mol. The highest BCUT2D eigenvalue weighted by Crippen LogP contribution is 2.26. The molecule has 1 aromatic rings. The zero-order valence-corrected chi connectivity index (χ0v) is 7.82. The lowest BCUT2D eigenvalue weighted by Gasteiger charge is -2.14. The van der Waals surface area contributed by atoms with Crippen molar-refractivity contribution in [1.29, 1.82) is 0 Å². The third-order valence-electron chi connectivity index (χ3n) is 1.93. The van der Waals surface area contributed by atoms with Gasteiger partial charge in [0, 0.05) is 0 Å². The number of nitro groups is 2. The van der Waals surface area contributed by atoms with E-state index in [9.17, 15) is 20.2 Å². The van der Waals surface area contributed by atoms with E-state index in [0.717, 1.165) is 7.11 Å². The standard InChI is InChI=1S/C8H8N2O5/c1-15-8(9(11)12,10(13)14)7-5-3-2-4-6-7/h2-6H,1H3. The van der Waals surface area contributed by atoms with Gasteiger partial charge in [0.1, 0.15) is 15.4 Å². The monoisotopic (exact) mass is 212 g/mol. The summed E-state index contributed by atoms with van der Waals surface area (Å²) in [6.07, 6.45) is 0. The Morgan fingerprint density at radius 2 is 1.60 bits per heavy atom. The van der Waals surface area contributed by atoms with Crippen molar-refractivity contribution in [3.05, 3.63) is 56.1 Å². The highest BCUT2D eigenvalue weighted by molar-refractivity contribution is 5.17. The fourth-order valence-corrected chi connectivity index (χ4v) is 1.20. The van der Waals surface area contributed by atoms with Crippen LogP contribution in [0.25, 0.3) is 0 Å². The Labute approximate surface area is 84.6 Å². The second kappa shape index (κ2) is 4.01. The number of rotatable bonds is 4. The third-order valence-corrected chi connectivity index (χ3v) is 1.93. The average Bonchev–Trinajstić information content (AvgIpc) is 2.20. The van der Waals surface area contributed by atoms with Crippen molar-refractivity contribution >= 4 is 0 Å². The molecule has 0 aliphatic heterocycles. The van der Waals surface area contributed by atoms with Crippen LogP contribution in [0.2, 0.25) is 0 Å². The van der Waals surface area contributed by atoms with Crippen molar-refractivity contribution in [2.24, 2.45) is 0 Å². The van der Waals surface area contributed by atoms with E-state index in [2.05, 4.69) is 4.74 Å². The number of hydrogen-bond acceptors (Lipinski definition) is 5. The molecule has 0 saturated heterocycles. The lowest BCUT2D eigenvalue weighted by molar-refractivity contribution is -0.863. The molecular weight excluding hydrogens is 204 g/mol. The van der Waals surface area contributed by atoms with Gasteiger partial charge in [-0.15, -0.1) is 0 Å². The Kier molecular flexibility index (Phi) is 2.96. The first-order valence-corrected chi connectivity index (χ1v) is 3.95. The minimum Gasteiger partial charge on any atom is -0.256 e. The molecule has 0 fully saturated rings. The summed E-state index contributed by atoms with van der Waals surface area (Å²) in [7, 11) is 0.929. The van der Waals surface area contributed by atoms with Crippen LogP contribution in [-0.4, -0.2) is 17.0 Å². The second-order valence-corrected chi connectivity index (χ2v) is 2.69. The van der Waals surface area contributed by atoms with Crippen LogP contribution < -0.4 is 0 Å². The molecule has 0 aromatic heterocycles. The molecule has 0 aliphatic rings. The van der Waals surface area contributed by atoms with Crippen molar-refractivity contribution in [3.63, 3.8) is 0 Å². The van der Waals surface area contributed by atoms with Gasteiger partial charge in [-0.05, 0) is 12.1 Å². The molecule has 0 amide bonds. The molecule has 0 radical (unpaired) electrons. The molecule has 0 spiro atoms. The van der Waals surface area contributed by atoms with E-state index in [1.165, 1.54) is 24.3 Å². The Balaban J connectivity index is 3.35. The Morgan fingerprint density at radius 1 is 1.13 bits per heavy atom. The maximum atomic E-state index is 10.7. The highest BCUT2D eigenvalue weighted by atomic mass is 16.8. The number of hydrogen-bond donors (Lipinski definition) is 0. The molecule has 0 saturated carbocycles. The molecule has 0 bridgehead atoms. The molecule has 0 aliphatic carbocycles. The second-order valence-electron chi connectivity index (χ2n) is 2.69. The summed E-state index contributed by atoms with van der Waals surface area (Å²) in [6.45, 7) is 0. The van der Waals surface area contributed by atoms with Crippen LogP contribution in [0.15, 0.2) is 30.3 Å². The van der Waals surface area contributed by atoms with E-state index in [0.29, 0.717) is 0 Å². The van der Waals surface area contributed by atoms with Gasteiger partial charge in [0.05, 0.1) is 7.11 Å². The summed E-state index contributed by atoms with van der Waals surface area (Å²) in [5.74, 6) is -2.72. The zero-order chi connectivity index (χ0) is 11.5. The normalized spacial score (nSPS) is 11.0. The minimum atomic E-state index is -2.72. The van der Waals surface area contributed by atoms with Gasteiger partial charge >= 0.3 is 5.85 Å². The molecule has 0 unspecified atom stereocenters. The van der Waals surface area contributed by atoms with Gasteiger partial charge in [-0.2, -0.15) is 0 Å². The van der Waals surface area contributed by atoms with Gasteiger partial charge in [0.15, 0.2) is 0 Å². The Hall–Kier alpha value is -2.02. The molecule has 1 aromatic carbocycles. The average molecular weight is 212 g/mol. The molecule has 7 nitrogen and oxygen atoms in total. The van der Waals surface area contributed by atoms with Crippen LogP contribution in [-0.2, 0) is 10.6 Å². The predicted octanol–water partition coefficient (Wildman–Crippen LogP) is 0.997. The van der Waals surface area contributed by atoms with Crippen LogP contribution in [0.5, 0.6) is 0 Å². The van der Waals surface area contributed by atoms with Crippen molar-refractivity contribution in [1.82, 2.24) is 0 Å². The molecular formula is C8H8N2O5. The van der Waals surface area contributed by atoms with Crippen molar-refractivity contribution in [3.8, 4) is 0 Å². The van der Waals surface area contributed by atoms with Crippen LogP contribution in [0.3, 0.4) is 0 Å². The first-order chi connectivity index (χ1) is 7.05. The van der Waals surface area contributed by atoms with Crippen molar-refractivity contribution < 1.29 is 14.6 Å². The summed E-state index contributed by atoms with van der Waals surface area (Å²) in [5, 5.41) is 21.5. The lowest BCUT2D eigenvalue weighted by Crippen LogP contribution is -2.44. The minimum absolute atomic E-state index is 0.123. The van der Waals surface area contributed by atoms with Crippen LogP contribution in [0.1, 0.15) is 5.56 Å². The Bertz CT molecular complexity index is 364. The molecule has 80 valence electrons. The molecule has 0 N–H and O–H groups in total. The third kappa shape index (κ3) is 1.64. The van der Waals surface area contributed by atoms with Crippen LogP contribution >= 0.6 is 0 Å². The number of ether oxygens (including phenoxy) is 1. The van der Waals surface area contributed by atoms with E-state index >= 15 is 0 Å². The van der Waals surface area contributed by atoms with E-state index in [1.54, 1.807) is 6.07 Å². The topological polar surface area (TPSA) is 95.5 Å². The van der Waals surface area contributed by atoms with E-state index < -0.39 is 15.7 Å². The van der Waals surface area contributed by atoms with Crippen molar-refractivity contribution in [2.45, 2.75) is 5.85 Å². The van der Waals surface area contributed by atoms with Gasteiger partial charge < -0.3 is 0 Å². The highest BCUT2D eigenvalue weighted by Gasteiger charge is 2.59. The number of methoxy groups -OCH3 is 1. The van der Waals surface area contributed by atoms with Crippen LogP contribution in [0.4, 0.5) is 0 Å². The quantitative estimate of drug-likeness (QED) is 0.421. The number of nitrogens with zero attached hydrogens (tertiary/aromatic N) is 2. The van der Waals surface area contributed by atoms with Gasteiger partial charge in [-0.1, -0.05) is 18.2 Å². The Morgan fingerprint density at radius 3 is 1.93 bits per heavy atom. The van der Waals surface area contributed by atoms with E-state index in [-0.39, 0.29) is 5.56 Å². The van der Waals surface area contributed by atoms with Gasteiger partial charge in [0.2, 0.25) is 0 Å². The van der Waals surface area contributed by atoms with Gasteiger partial charge in [-0.25, -0.2) is 0 Å². The largest absolute Gasteiger partial charge is 0.606 e. The fourth-order valence-electron chi connectivity index (χ4n) is 1.20. The lowest BCUT2D eigenvalue weighted by atomic mass is 10.1. The molecule has 7 heteroatoms. The first-order valence-electron chi connectivity index (χ1n) is 3.95. The van der Waals surface area contributed by atoms with Gasteiger partial charge in [-0.3, -0.25) is 25.0 Å². The summed E-state index contributed by atoms with van der Waals surface area (Å²) in [6, 6.07) is 7.08. The number of benzene rings is 1. The maximum absolute atomic E-state index is 10.7. The summed E-state index contributed by atoms with van der Waals surface area (Å²) in [5.41, 5.74) is -0.123. The maximum Gasteiger partial charge on any atom is 0.606 e. The summed E-state index contributed by atoms with van der Waals surface area (Å²) >= 11 is 0. The summed E-state index contributed by atoms with van der Waals surface area (Å²) in [4.78, 5) is 19.3. The molecule has 1 rings (SSSR count). The molecule has 15 heavy (non-hydrogen) atoms. The summed E-state index contributed by atoms with van der Waals surface area (Å²) < 4.78 is 4.45. The fraction of sp³-hybridized carbons (Fsp3) is 0.250. The molecule has 0 heterocycles. The molecule has 0 atom stereocenters. The van der Waals surface area contributed by atoms with E-state index in [4.69, 9.17) is 0 Å². The first kappa shape index (κ1) is 11.1.